The lowest BCUT2D eigenvalue weighted by molar-refractivity contribution is -0.135. The molecule has 30 heavy (non-hydrogen) atoms. The molecule has 0 radical (unpaired) electrons. The van der Waals surface area contributed by atoms with Gasteiger partial charge in [0.2, 0.25) is 0 Å². The third-order valence-corrected chi connectivity index (χ3v) is 10.3. The van der Waals surface area contributed by atoms with Crippen molar-refractivity contribution < 1.29 is 15.0 Å². The van der Waals surface area contributed by atoms with E-state index in [9.17, 15) is 15.0 Å². The Morgan fingerprint density at radius 3 is 2.57 bits per heavy atom. The summed E-state index contributed by atoms with van der Waals surface area (Å²) in [6.07, 6.45) is 12.9. The summed E-state index contributed by atoms with van der Waals surface area (Å²) in [5.74, 6) is 3.45. The van der Waals surface area contributed by atoms with E-state index in [-0.39, 0.29) is 17.4 Å². The van der Waals surface area contributed by atoms with Gasteiger partial charge in [0.05, 0.1) is 6.10 Å². The molecule has 3 nitrogen and oxygen atoms in total. The van der Waals surface area contributed by atoms with E-state index in [4.69, 9.17) is 0 Å². The van der Waals surface area contributed by atoms with Crippen molar-refractivity contribution in [2.75, 3.05) is 6.61 Å². The molecule has 170 valence electrons. The minimum absolute atomic E-state index is 0.128. The highest BCUT2D eigenvalue weighted by atomic mass is 16.3. The van der Waals surface area contributed by atoms with E-state index >= 15 is 0 Å². The van der Waals surface area contributed by atoms with Gasteiger partial charge in [-0.05, 0) is 97.9 Å². The molecule has 4 aliphatic rings. The van der Waals surface area contributed by atoms with Crippen molar-refractivity contribution in [2.45, 2.75) is 98.0 Å². The Bertz CT molecular complexity index is 684. The highest BCUT2D eigenvalue weighted by molar-refractivity contribution is 5.94. The smallest absolute Gasteiger partial charge is 0.159 e. The molecule has 0 aromatic carbocycles. The van der Waals surface area contributed by atoms with Gasteiger partial charge < -0.3 is 10.2 Å². The van der Waals surface area contributed by atoms with E-state index in [0.717, 1.165) is 25.2 Å². The molecular weight excluding hydrogens is 372 g/mol. The van der Waals surface area contributed by atoms with E-state index in [1.165, 1.54) is 44.1 Å². The topological polar surface area (TPSA) is 57.5 Å². The van der Waals surface area contributed by atoms with Gasteiger partial charge in [0.1, 0.15) is 0 Å². The zero-order chi connectivity index (χ0) is 21.7. The molecule has 3 saturated carbocycles. The summed E-state index contributed by atoms with van der Waals surface area (Å²) in [4.78, 5) is 13.4. The molecule has 3 heteroatoms. The first-order chi connectivity index (χ1) is 14.2. The molecular formula is C27H44O3. The molecule has 0 saturated heterocycles. The summed E-state index contributed by atoms with van der Waals surface area (Å²) >= 11 is 0. The summed E-state index contributed by atoms with van der Waals surface area (Å²) in [6, 6.07) is 0. The van der Waals surface area contributed by atoms with Crippen molar-refractivity contribution in [1.82, 2.24) is 0 Å². The van der Waals surface area contributed by atoms with Crippen LogP contribution in [0.5, 0.6) is 0 Å². The highest BCUT2D eigenvalue weighted by Crippen LogP contribution is 2.66. The minimum atomic E-state index is -0.257. The number of aliphatic hydroxyl groups excluding tert-OH is 2. The van der Waals surface area contributed by atoms with Crippen molar-refractivity contribution in [3.8, 4) is 0 Å². The van der Waals surface area contributed by atoms with Gasteiger partial charge in [0, 0.05) is 12.5 Å². The van der Waals surface area contributed by atoms with Crippen LogP contribution in [-0.2, 0) is 4.79 Å². The average molecular weight is 417 g/mol. The molecule has 0 aliphatic heterocycles. The molecule has 0 spiro atoms. The number of ketones is 1. The average Bonchev–Trinajstić information content (AvgIpc) is 3.06. The Kier molecular flexibility index (Phi) is 6.27. The Morgan fingerprint density at radius 1 is 1.07 bits per heavy atom. The molecule has 3 fully saturated rings. The number of carbonyl (C=O) groups is 1. The SMILES string of the molecule is C[C@H](CO)CCC[C@@H](C)[C@H]1CC[C@H]2[C@@H]3C(=O)C=C4C[C@@H](O)CC[C@]4(C)[C@H]3CC[C@]12C. The van der Waals surface area contributed by atoms with Crippen molar-refractivity contribution in [3.05, 3.63) is 11.6 Å². The fraction of sp³-hybridized carbons (Fsp3) is 0.889. The minimum Gasteiger partial charge on any atom is -0.396 e. The van der Waals surface area contributed by atoms with E-state index < -0.39 is 0 Å². The Balaban J connectivity index is 1.51. The summed E-state index contributed by atoms with van der Waals surface area (Å²) in [5.41, 5.74) is 1.68. The molecule has 0 heterocycles. The van der Waals surface area contributed by atoms with Crippen LogP contribution in [0.2, 0.25) is 0 Å². The monoisotopic (exact) mass is 416 g/mol. The number of allylic oxidation sites excluding steroid dienone is 1. The van der Waals surface area contributed by atoms with Crippen LogP contribution in [0.4, 0.5) is 0 Å². The predicted molar refractivity (Wildman–Crippen MR) is 121 cm³/mol. The Hall–Kier alpha value is -0.670. The van der Waals surface area contributed by atoms with E-state index in [1.807, 2.05) is 6.08 Å². The van der Waals surface area contributed by atoms with Crippen LogP contribution in [0.1, 0.15) is 91.9 Å². The second-order valence-corrected chi connectivity index (χ2v) is 12.0. The van der Waals surface area contributed by atoms with Crippen LogP contribution in [-0.4, -0.2) is 28.7 Å². The fourth-order valence-electron chi connectivity index (χ4n) is 8.44. The van der Waals surface area contributed by atoms with Crippen molar-refractivity contribution in [2.24, 2.45) is 46.3 Å². The zero-order valence-electron chi connectivity index (χ0n) is 19.7. The summed E-state index contributed by atoms with van der Waals surface area (Å²) in [6.45, 7) is 9.79. The van der Waals surface area contributed by atoms with Gasteiger partial charge in [-0.2, -0.15) is 0 Å². The van der Waals surface area contributed by atoms with E-state index in [1.54, 1.807) is 0 Å². The Morgan fingerprint density at radius 2 is 1.83 bits per heavy atom. The first-order valence-electron chi connectivity index (χ1n) is 12.7. The lowest BCUT2D eigenvalue weighted by Crippen LogP contribution is -2.53. The third kappa shape index (κ3) is 3.62. The third-order valence-electron chi connectivity index (χ3n) is 10.3. The molecule has 0 aromatic rings. The first-order valence-corrected chi connectivity index (χ1v) is 12.7. The van der Waals surface area contributed by atoms with Crippen molar-refractivity contribution in [1.29, 1.82) is 0 Å². The standard InChI is InChI=1S/C27H44O3/c1-17(16-28)6-5-7-18(2)21-8-9-22-25-23(11-13-27(21,22)4)26(3)12-10-20(29)14-19(26)15-24(25)30/h15,17-18,20-23,25,28-29H,5-14,16H2,1-4H3/t17-,18+,20-,21+,22-,23-,25-,26-,27+/m0/s1. The molecule has 2 N–H and O–H groups in total. The second kappa shape index (κ2) is 8.35. The molecule has 4 aliphatic carbocycles. The number of carbonyl (C=O) groups excluding carboxylic acids is 1. The van der Waals surface area contributed by atoms with Gasteiger partial charge in [-0.15, -0.1) is 0 Å². The molecule has 0 unspecified atom stereocenters. The molecule has 0 bridgehead atoms. The van der Waals surface area contributed by atoms with Gasteiger partial charge >= 0.3 is 0 Å². The number of hydrogen-bond acceptors (Lipinski definition) is 3. The van der Waals surface area contributed by atoms with Crippen molar-refractivity contribution in [3.63, 3.8) is 0 Å². The van der Waals surface area contributed by atoms with Crippen LogP contribution in [0, 0.1) is 46.3 Å². The second-order valence-electron chi connectivity index (χ2n) is 12.0. The van der Waals surface area contributed by atoms with Gasteiger partial charge in [0.15, 0.2) is 5.78 Å². The van der Waals surface area contributed by atoms with Gasteiger partial charge in [0.25, 0.3) is 0 Å². The molecule has 0 amide bonds. The predicted octanol–water partition coefficient (Wildman–Crippen LogP) is 5.54. The van der Waals surface area contributed by atoms with Crippen LogP contribution in [0.25, 0.3) is 0 Å². The molecule has 9 atom stereocenters. The number of rotatable bonds is 6. The van der Waals surface area contributed by atoms with Crippen LogP contribution >= 0.6 is 0 Å². The lowest BCUT2D eigenvalue weighted by atomic mass is 9.46. The molecule has 4 rings (SSSR count). The van der Waals surface area contributed by atoms with E-state index in [2.05, 4.69) is 27.7 Å². The summed E-state index contributed by atoms with van der Waals surface area (Å²) < 4.78 is 0. The largest absolute Gasteiger partial charge is 0.396 e. The normalized spacial score (nSPS) is 45.2. The number of fused-ring (bicyclic) bond motifs is 5. The summed E-state index contributed by atoms with van der Waals surface area (Å²) in [5, 5.41) is 19.5. The van der Waals surface area contributed by atoms with Gasteiger partial charge in [-0.25, -0.2) is 0 Å². The number of hydrogen-bond donors (Lipinski definition) is 2. The lowest BCUT2D eigenvalue weighted by Gasteiger charge is -2.57. The maximum Gasteiger partial charge on any atom is 0.159 e. The van der Waals surface area contributed by atoms with Crippen LogP contribution in [0.15, 0.2) is 11.6 Å². The van der Waals surface area contributed by atoms with Crippen LogP contribution in [0.3, 0.4) is 0 Å². The first kappa shape index (κ1) is 22.5. The quantitative estimate of drug-likeness (QED) is 0.598. The fourth-order valence-corrected chi connectivity index (χ4v) is 8.44. The van der Waals surface area contributed by atoms with Gasteiger partial charge in [-0.3, -0.25) is 4.79 Å². The van der Waals surface area contributed by atoms with Crippen molar-refractivity contribution >= 4 is 5.78 Å². The van der Waals surface area contributed by atoms with Crippen LogP contribution < -0.4 is 0 Å². The highest BCUT2D eigenvalue weighted by Gasteiger charge is 2.61. The van der Waals surface area contributed by atoms with Gasteiger partial charge in [-0.1, -0.05) is 46.1 Å². The maximum absolute atomic E-state index is 13.4. The summed E-state index contributed by atoms with van der Waals surface area (Å²) in [7, 11) is 0. The number of aliphatic hydroxyl groups is 2. The Labute approximate surface area is 183 Å². The maximum atomic E-state index is 13.4. The van der Waals surface area contributed by atoms with E-state index in [0.29, 0.717) is 47.9 Å². The zero-order valence-corrected chi connectivity index (χ0v) is 19.7. The molecule has 0 aromatic heterocycles.